The van der Waals surface area contributed by atoms with Crippen LogP contribution < -0.4 is 11.1 Å². The van der Waals surface area contributed by atoms with Crippen molar-refractivity contribution in [2.45, 2.75) is 26.9 Å². The topological polar surface area (TPSA) is 81.7 Å². The van der Waals surface area contributed by atoms with E-state index in [0.717, 1.165) is 23.5 Å². The summed E-state index contributed by atoms with van der Waals surface area (Å²) in [6, 6.07) is 11.9. The third-order valence-corrected chi connectivity index (χ3v) is 4.06. The summed E-state index contributed by atoms with van der Waals surface area (Å²) in [5.74, 6) is 0.750. The molecule has 2 aromatic heterocycles. The molecule has 6 nitrogen and oxygen atoms in total. The van der Waals surface area contributed by atoms with Gasteiger partial charge in [-0.2, -0.15) is 10.1 Å². The molecule has 3 aromatic rings. The molecule has 0 saturated carbocycles. The molecule has 0 saturated heterocycles. The van der Waals surface area contributed by atoms with Crippen molar-refractivity contribution >= 4 is 23.4 Å². The number of nitrogen functional groups attached to an aromatic ring is 1. The molecule has 2 heterocycles. The molecule has 0 unspecified atom stereocenters. The van der Waals surface area contributed by atoms with Crippen molar-refractivity contribution in [1.82, 2.24) is 19.7 Å². The van der Waals surface area contributed by atoms with Gasteiger partial charge < -0.3 is 11.1 Å². The number of anilines is 2. The van der Waals surface area contributed by atoms with Gasteiger partial charge in [0.05, 0.1) is 12.2 Å². The van der Waals surface area contributed by atoms with Crippen molar-refractivity contribution in [3.63, 3.8) is 0 Å². The summed E-state index contributed by atoms with van der Waals surface area (Å²) in [4.78, 5) is 7.98. The van der Waals surface area contributed by atoms with E-state index >= 15 is 0 Å². The maximum atomic E-state index is 5.90. The van der Waals surface area contributed by atoms with Crippen LogP contribution >= 0.6 is 11.6 Å². The SMILES string of the molecule is Cc1nn(Cc2ccccc2)c(C)c1CNc1cc(Cl)nc(N)n1. The van der Waals surface area contributed by atoms with Crippen molar-refractivity contribution < 1.29 is 0 Å². The number of hydrogen-bond donors (Lipinski definition) is 2. The number of aryl methyl sites for hydroxylation is 1. The average Bonchev–Trinajstić information content (AvgIpc) is 2.79. The Balaban J connectivity index is 1.76. The molecule has 0 fully saturated rings. The van der Waals surface area contributed by atoms with E-state index < -0.39 is 0 Å². The Morgan fingerprint density at radius 1 is 1.17 bits per heavy atom. The molecule has 0 bridgehead atoms. The maximum Gasteiger partial charge on any atom is 0.223 e. The Bertz CT molecular complexity index is 824. The molecule has 3 rings (SSSR count). The van der Waals surface area contributed by atoms with E-state index in [1.54, 1.807) is 6.07 Å². The zero-order valence-corrected chi connectivity index (χ0v) is 14.4. The van der Waals surface area contributed by atoms with E-state index in [1.165, 1.54) is 5.56 Å². The van der Waals surface area contributed by atoms with E-state index in [2.05, 4.69) is 39.4 Å². The number of aromatic nitrogens is 4. The molecule has 7 heteroatoms. The third-order valence-electron chi connectivity index (χ3n) is 3.86. The Morgan fingerprint density at radius 3 is 2.62 bits per heavy atom. The van der Waals surface area contributed by atoms with Crippen molar-refractivity contribution in [2.75, 3.05) is 11.1 Å². The van der Waals surface area contributed by atoms with Crippen LogP contribution in [-0.4, -0.2) is 19.7 Å². The number of nitrogens with two attached hydrogens (primary N) is 1. The molecule has 0 atom stereocenters. The lowest BCUT2D eigenvalue weighted by Crippen LogP contribution is -2.07. The molecule has 3 N–H and O–H groups in total. The highest BCUT2D eigenvalue weighted by molar-refractivity contribution is 6.29. The molecule has 0 amide bonds. The van der Waals surface area contributed by atoms with E-state index in [-0.39, 0.29) is 5.95 Å². The normalized spacial score (nSPS) is 10.8. The summed E-state index contributed by atoms with van der Waals surface area (Å²) in [5, 5.41) is 8.20. The van der Waals surface area contributed by atoms with Gasteiger partial charge in [0.25, 0.3) is 0 Å². The standard InChI is InChI=1S/C17H19ClN6/c1-11-14(9-20-16-8-15(18)21-17(19)22-16)12(2)24(23-11)10-13-6-4-3-5-7-13/h3-8H,9-10H2,1-2H3,(H3,19,20,21,22). The smallest absolute Gasteiger partial charge is 0.223 e. The highest BCUT2D eigenvalue weighted by Crippen LogP contribution is 2.18. The second-order valence-electron chi connectivity index (χ2n) is 5.58. The summed E-state index contributed by atoms with van der Waals surface area (Å²) >= 11 is 5.90. The molecular weight excluding hydrogens is 324 g/mol. The summed E-state index contributed by atoms with van der Waals surface area (Å²) in [5.41, 5.74) is 10.1. The van der Waals surface area contributed by atoms with Crippen molar-refractivity contribution in [3.05, 3.63) is 64.1 Å². The number of halogens is 1. The first-order chi connectivity index (χ1) is 11.5. The van der Waals surface area contributed by atoms with Crippen LogP contribution in [0.15, 0.2) is 36.4 Å². The minimum Gasteiger partial charge on any atom is -0.368 e. The summed E-state index contributed by atoms with van der Waals surface area (Å²) in [6.07, 6.45) is 0. The van der Waals surface area contributed by atoms with Crippen LogP contribution in [0, 0.1) is 13.8 Å². The van der Waals surface area contributed by atoms with E-state index in [0.29, 0.717) is 17.5 Å². The Kier molecular flexibility index (Phi) is 4.66. The first-order valence-electron chi connectivity index (χ1n) is 7.63. The zero-order chi connectivity index (χ0) is 17.1. The lowest BCUT2D eigenvalue weighted by atomic mass is 10.2. The molecule has 1 aromatic carbocycles. The molecule has 0 aliphatic rings. The van der Waals surface area contributed by atoms with Crippen LogP contribution in [0.5, 0.6) is 0 Å². The number of nitrogens with zero attached hydrogens (tertiary/aromatic N) is 4. The number of benzene rings is 1. The van der Waals surface area contributed by atoms with Gasteiger partial charge in [-0.3, -0.25) is 4.68 Å². The highest BCUT2D eigenvalue weighted by atomic mass is 35.5. The van der Waals surface area contributed by atoms with Gasteiger partial charge in [0.15, 0.2) is 0 Å². The number of nitrogens with one attached hydrogen (secondary N) is 1. The van der Waals surface area contributed by atoms with Crippen LogP contribution in [-0.2, 0) is 13.1 Å². The minimum absolute atomic E-state index is 0.151. The molecule has 0 spiro atoms. The fourth-order valence-electron chi connectivity index (χ4n) is 2.60. The predicted molar refractivity (Wildman–Crippen MR) is 96.0 cm³/mol. The largest absolute Gasteiger partial charge is 0.368 e. The van der Waals surface area contributed by atoms with Gasteiger partial charge in [0.1, 0.15) is 11.0 Å². The Morgan fingerprint density at radius 2 is 1.92 bits per heavy atom. The fraction of sp³-hybridized carbons (Fsp3) is 0.235. The quantitative estimate of drug-likeness (QED) is 0.696. The minimum atomic E-state index is 0.151. The first-order valence-corrected chi connectivity index (χ1v) is 8.01. The zero-order valence-electron chi connectivity index (χ0n) is 13.6. The lowest BCUT2D eigenvalue weighted by Gasteiger charge is -2.08. The molecule has 24 heavy (non-hydrogen) atoms. The van der Waals surface area contributed by atoms with Crippen LogP contribution in [0.4, 0.5) is 11.8 Å². The Hall–Kier alpha value is -2.60. The van der Waals surface area contributed by atoms with E-state index in [4.69, 9.17) is 17.3 Å². The van der Waals surface area contributed by atoms with Crippen molar-refractivity contribution in [3.8, 4) is 0 Å². The van der Waals surface area contributed by atoms with Crippen LogP contribution in [0.2, 0.25) is 5.15 Å². The monoisotopic (exact) mass is 342 g/mol. The van der Waals surface area contributed by atoms with Crippen molar-refractivity contribution in [1.29, 1.82) is 0 Å². The van der Waals surface area contributed by atoms with Gasteiger partial charge in [0.2, 0.25) is 5.95 Å². The first kappa shape index (κ1) is 16.3. The molecule has 0 aliphatic heterocycles. The van der Waals surface area contributed by atoms with Gasteiger partial charge in [-0.25, -0.2) is 4.98 Å². The Labute approximate surface area is 145 Å². The maximum absolute atomic E-state index is 5.90. The van der Waals surface area contributed by atoms with Gasteiger partial charge >= 0.3 is 0 Å². The fourth-order valence-corrected chi connectivity index (χ4v) is 2.79. The summed E-state index contributed by atoms with van der Waals surface area (Å²) in [6.45, 7) is 5.42. The van der Waals surface area contributed by atoms with Gasteiger partial charge in [-0.15, -0.1) is 0 Å². The second kappa shape index (κ2) is 6.88. The number of hydrogen-bond acceptors (Lipinski definition) is 5. The molecule has 0 radical (unpaired) electrons. The third kappa shape index (κ3) is 3.65. The van der Waals surface area contributed by atoms with Gasteiger partial charge in [0, 0.05) is 23.9 Å². The highest BCUT2D eigenvalue weighted by Gasteiger charge is 2.12. The van der Waals surface area contributed by atoms with Crippen LogP contribution in [0.25, 0.3) is 0 Å². The van der Waals surface area contributed by atoms with Crippen molar-refractivity contribution in [2.24, 2.45) is 0 Å². The van der Waals surface area contributed by atoms with Gasteiger partial charge in [-0.05, 0) is 19.4 Å². The van der Waals surface area contributed by atoms with E-state index in [9.17, 15) is 0 Å². The summed E-state index contributed by atoms with van der Waals surface area (Å²) in [7, 11) is 0. The van der Waals surface area contributed by atoms with Crippen LogP contribution in [0.3, 0.4) is 0 Å². The van der Waals surface area contributed by atoms with Gasteiger partial charge in [-0.1, -0.05) is 41.9 Å². The molecular formula is C17H19ClN6. The molecule has 0 aliphatic carbocycles. The molecule has 124 valence electrons. The predicted octanol–water partition coefficient (Wildman–Crippen LogP) is 3.19. The van der Waals surface area contributed by atoms with E-state index in [1.807, 2.05) is 29.8 Å². The average molecular weight is 343 g/mol. The summed E-state index contributed by atoms with van der Waals surface area (Å²) < 4.78 is 2.02. The van der Waals surface area contributed by atoms with Crippen LogP contribution in [0.1, 0.15) is 22.5 Å². The lowest BCUT2D eigenvalue weighted by molar-refractivity contribution is 0.658. The second-order valence-corrected chi connectivity index (χ2v) is 5.97. The number of rotatable bonds is 5.